The molecule has 0 unspecified atom stereocenters. The Morgan fingerprint density at radius 2 is 1.14 bits per heavy atom. The van der Waals surface area contributed by atoms with Gasteiger partial charge in [-0.3, -0.25) is 0 Å². The molecule has 4 nitrogen and oxygen atoms in total. The summed E-state index contributed by atoms with van der Waals surface area (Å²) in [5, 5.41) is 0. The summed E-state index contributed by atoms with van der Waals surface area (Å²) in [6.07, 6.45) is 0. The van der Waals surface area contributed by atoms with Gasteiger partial charge in [0, 0.05) is 0 Å². The van der Waals surface area contributed by atoms with Crippen molar-refractivity contribution in [2.24, 2.45) is 0 Å². The van der Waals surface area contributed by atoms with E-state index in [0.717, 1.165) is 0 Å². The minimum Gasteiger partial charge on any atom is 1.00 e. The number of phosphoric acid groups is 1. The van der Waals surface area contributed by atoms with E-state index >= 15 is 0 Å². The third kappa shape index (κ3) is 89.5. The van der Waals surface area contributed by atoms with Crippen molar-refractivity contribution >= 4 is 25.4 Å². The van der Waals surface area contributed by atoms with Crippen LogP contribution in [0.3, 0.4) is 0 Å². The normalized spacial score (nSPS) is 8.43. The first kappa shape index (κ1) is 15.9. The predicted molar refractivity (Wildman–Crippen MR) is 16.2 cm³/mol. The van der Waals surface area contributed by atoms with Crippen molar-refractivity contribution in [3.8, 4) is 0 Å². The molecule has 0 bridgehead atoms. The summed E-state index contributed by atoms with van der Waals surface area (Å²) in [6, 6.07) is 0. The summed E-state index contributed by atoms with van der Waals surface area (Å²) >= 11 is 0. The van der Waals surface area contributed by atoms with Gasteiger partial charge in [0.25, 0.3) is 0 Å². The van der Waals surface area contributed by atoms with Crippen molar-refractivity contribution in [2.45, 2.75) is 0 Å². The number of hydrogen-bond donors (Lipinski definition) is 0. The van der Waals surface area contributed by atoms with Crippen LogP contribution in [0.4, 0.5) is 0 Å². The molecule has 0 aromatic heterocycles. The molecule has 0 spiro atoms. The largest absolute Gasteiger partial charge is 1.00 e. The molecule has 0 saturated carbocycles. The van der Waals surface area contributed by atoms with E-state index in [1.54, 1.807) is 0 Å². The van der Waals surface area contributed by atoms with Crippen LogP contribution in [0, 0.1) is 0 Å². The minimum absolute atomic E-state index is 0. The molecule has 7 heteroatoms. The Balaban J connectivity index is -0.0000000800. The quantitative estimate of drug-likeness (QED) is 0.282. The molecule has 0 aromatic carbocycles. The van der Waals surface area contributed by atoms with E-state index in [1.165, 1.54) is 0 Å². The van der Waals surface area contributed by atoms with Gasteiger partial charge in [-0.15, -0.1) is 0 Å². The van der Waals surface area contributed by atoms with Crippen molar-refractivity contribution in [1.82, 2.24) is 0 Å². The van der Waals surface area contributed by atoms with Gasteiger partial charge in [-0.05, 0) is 0 Å². The maximum atomic E-state index is 8.55. The molecule has 0 aliphatic heterocycles. The van der Waals surface area contributed by atoms with Gasteiger partial charge >= 0.3 is 47.2 Å². The maximum Gasteiger partial charge on any atom is 1.00 e. The van der Waals surface area contributed by atoms with Gasteiger partial charge in [0.15, 0.2) is 0 Å². The zero-order valence-electron chi connectivity index (χ0n) is 3.79. The average molecular weight is 193 g/mol. The molecule has 0 N–H and O–H groups in total. The fourth-order valence-corrected chi connectivity index (χ4v) is 0. The SMILES string of the molecule is O=P([O-])([O-])[O-].[GeH2+2].[Na+]. The van der Waals surface area contributed by atoms with Gasteiger partial charge < -0.3 is 19.2 Å². The molecular weight excluding hydrogens is 191 g/mol. The Morgan fingerprint density at radius 3 is 1.14 bits per heavy atom. The van der Waals surface area contributed by atoms with Crippen LogP contribution >= 0.6 is 7.82 Å². The second-order valence-electron chi connectivity index (χ2n) is 0.447. The molecule has 0 radical (unpaired) electrons. The van der Waals surface area contributed by atoms with E-state index in [-0.39, 0.29) is 47.2 Å². The Kier molecular flexibility index (Phi) is 13.1. The summed E-state index contributed by atoms with van der Waals surface area (Å²) < 4.78 is 8.55. The van der Waals surface area contributed by atoms with Crippen molar-refractivity contribution in [2.75, 3.05) is 0 Å². The van der Waals surface area contributed by atoms with Crippen LogP contribution in [0.2, 0.25) is 0 Å². The second kappa shape index (κ2) is 5.78. The van der Waals surface area contributed by atoms with Crippen molar-refractivity contribution < 1.29 is 48.8 Å². The standard InChI is InChI=1S/GeH2.Na.H3O4P/c;;1-5(2,3)4/h1H2;;(H3,1,2,3,4)/q+2;+1;/p-3. The number of hydrogen-bond acceptors (Lipinski definition) is 4. The summed E-state index contributed by atoms with van der Waals surface area (Å²) in [6.45, 7) is 0. The maximum absolute atomic E-state index is 8.55. The zero-order chi connectivity index (χ0) is 4.50. The zero-order valence-corrected chi connectivity index (χ0v) is 9.65. The van der Waals surface area contributed by atoms with Crippen LogP contribution < -0.4 is 44.2 Å². The second-order valence-corrected chi connectivity index (χ2v) is 1.34. The molecule has 0 aromatic rings. The topological polar surface area (TPSA) is 86.2 Å². The van der Waals surface area contributed by atoms with Crippen molar-refractivity contribution in [3.05, 3.63) is 0 Å². The van der Waals surface area contributed by atoms with Gasteiger partial charge in [-0.2, -0.15) is 7.82 Å². The van der Waals surface area contributed by atoms with E-state index in [9.17, 15) is 0 Å². The summed E-state index contributed by atoms with van der Waals surface area (Å²) in [7, 11) is -5.39. The fourth-order valence-electron chi connectivity index (χ4n) is 0. The molecule has 0 aliphatic rings. The fraction of sp³-hybridized carbons (Fsp3) is 0. The minimum atomic E-state index is -5.39. The van der Waals surface area contributed by atoms with Crippen LogP contribution in [-0.2, 0) is 4.57 Å². The van der Waals surface area contributed by atoms with Crippen LogP contribution in [0.1, 0.15) is 0 Å². The van der Waals surface area contributed by atoms with Crippen molar-refractivity contribution in [3.63, 3.8) is 0 Å². The van der Waals surface area contributed by atoms with Crippen LogP contribution in [-0.4, -0.2) is 17.6 Å². The molecule has 0 fully saturated rings. The Bertz CT molecular complexity index is 57.8. The van der Waals surface area contributed by atoms with Crippen LogP contribution in [0.5, 0.6) is 0 Å². The molecule has 36 valence electrons. The molecule has 0 aliphatic carbocycles. The first-order chi connectivity index (χ1) is 2.00. The van der Waals surface area contributed by atoms with E-state index < -0.39 is 7.82 Å². The first-order valence-corrected chi connectivity index (χ1v) is 2.19. The molecule has 0 saturated heterocycles. The van der Waals surface area contributed by atoms with E-state index in [4.69, 9.17) is 19.2 Å². The van der Waals surface area contributed by atoms with Crippen molar-refractivity contribution in [1.29, 1.82) is 0 Å². The summed E-state index contributed by atoms with van der Waals surface area (Å²) in [4.78, 5) is 25.6. The van der Waals surface area contributed by atoms with Crippen LogP contribution in [0.25, 0.3) is 0 Å². The third-order valence-corrected chi connectivity index (χ3v) is 0. The molecule has 0 rings (SSSR count). The smallest absolute Gasteiger partial charge is 1.00 e. The number of rotatable bonds is 0. The van der Waals surface area contributed by atoms with E-state index in [1.807, 2.05) is 0 Å². The Morgan fingerprint density at radius 1 is 1.14 bits per heavy atom. The van der Waals surface area contributed by atoms with Gasteiger partial charge in [0.1, 0.15) is 0 Å². The van der Waals surface area contributed by atoms with E-state index in [2.05, 4.69) is 0 Å². The predicted octanol–water partition coefficient (Wildman–Crippen LogP) is -6.74. The van der Waals surface area contributed by atoms with E-state index in [0.29, 0.717) is 0 Å². The molecule has 0 amide bonds. The molecule has 0 atom stereocenters. The van der Waals surface area contributed by atoms with Gasteiger partial charge in [0.05, 0.1) is 0 Å². The molecular formula is H2GeNaO4P. The molecule has 7 heavy (non-hydrogen) atoms. The van der Waals surface area contributed by atoms with Crippen LogP contribution in [0.15, 0.2) is 0 Å². The average Bonchev–Trinajstić information content (AvgIpc) is 0.722. The summed E-state index contributed by atoms with van der Waals surface area (Å²) in [5.41, 5.74) is 0. The first-order valence-electron chi connectivity index (χ1n) is 0.730. The molecule has 0 heterocycles. The Hall–Kier alpha value is 1.65. The monoisotopic (exact) mass is 194 g/mol. The van der Waals surface area contributed by atoms with Gasteiger partial charge in [0.2, 0.25) is 0 Å². The summed E-state index contributed by atoms with van der Waals surface area (Å²) in [5.74, 6) is 0. The van der Waals surface area contributed by atoms with Gasteiger partial charge in [-0.1, -0.05) is 0 Å². The third-order valence-electron chi connectivity index (χ3n) is 0. The Labute approximate surface area is 73.8 Å². The van der Waals surface area contributed by atoms with Gasteiger partial charge in [-0.25, -0.2) is 0 Å².